The number of hydrogen-bond donors (Lipinski definition) is 0. The molecule has 3 nitrogen and oxygen atoms in total. The Morgan fingerprint density at radius 2 is 1.81 bits per heavy atom. The molecule has 1 fully saturated rings. The summed E-state index contributed by atoms with van der Waals surface area (Å²) in [6.45, 7) is 10.8. The molecule has 1 heterocycles. The summed E-state index contributed by atoms with van der Waals surface area (Å²) in [5.41, 5.74) is 2.23. The highest BCUT2D eigenvalue weighted by atomic mass is 32.2. The fourth-order valence-electron chi connectivity index (χ4n) is 2.91. The standard InChI is InChI=1S/C17H25NO2S/c1-13(2)10-15-11-17(4,5)12-18(15)21(19,20)16-8-6-14(3)7-9-16/h6-10,15H,11-12H2,1-5H3/t15-/m1/s1. The first-order valence-electron chi connectivity index (χ1n) is 7.35. The highest BCUT2D eigenvalue weighted by Crippen LogP contribution is 2.38. The number of allylic oxidation sites excluding steroid dienone is 1. The van der Waals surface area contributed by atoms with Gasteiger partial charge in [-0.3, -0.25) is 0 Å². The summed E-state index contributed by atoms with van der Waals surface area (Å²) in [5, 5.41) is 0. The molecular formula is C17H25NO2S. The molecule has 2 rings (SSSR count). The van der Waals surface area contributed by atoms with Gasteiger partial charge < -0.3 is 0 Å². The Balaban J connectivity index is 2.41. The van der Waals surface area contributed by atoms with Gasteiger partial charge in [-0.15, -0.1) is 0 Å². The quantitative estimate of drug-likeness (QED) is 0.798. The summed E-state index contributed by atoms with van der Waals surface area (Å²) in [6, 6.07) is 7.07. The molecule has 116 valence electrons. The Bertz CT molecular complexity index is 638. The van der Waals surface area contributed by atoms with Crippen LogP contribution in [0.5, 0.6) is 0 Å². The van der Waals surface area contributed by atoms with Crippen LogP contribution in [0.2, 0.25) is 0 Å². The highest BCUT2D eigenvalue weighted by molar-refractivity contribution is 7.89. The molecule has 0 amide bonds. The van der Waals surface area contributed by atoms with Crippen molar-refractivity contribution in [3.63, 3.8) is 0 Å². The Morgan fingerprint density at radius 3 is 2.33 bits per heavy atom. The molecule has 1 aliphatic heterocycles. The normalized spacial score (nSPS) is 22.2. The predicted octanol–water partition coefficient (Wildman–Crippen LogP) is 3.75. The minimum Gasteiger partial charge on any atom is -0.207 e. The van der Waals surface area contributed by atoms with Crippen LogP contribution in [0.25, 0.3) is 0 Å². The average Bonchev–Trinajstić information content (AvgIpc) is 2.64. The zero-order valence-electron chi connectivity index (χ0n) is 13.6. The van der Waals surface area contributed by atoms with Gasteiger partial charge in [-0.2, -0.15) is 4.31 Å². The number of nitrogens with zero attached hydrogens (tertiary/aromatic N) is 1. The summed E-state index contributed by atoms with van der Waals surface area (Å²) in [4.78, 5) is 0.387. The molecule has 4 heteroatoms. The largest absolute Gasteiger partial charge is 0.243 e. The third kappa shape index (κ3) is 3.55. The summed E-state index contributed by atoms with van der Waals surface area (Å²) in [5.74, 6) is 0. The molecule has 1 aromatic rings. The van der Waals surface area contributed by atoms with Crippen LogP contribution in [0.1, 0.15) is 39.7 Å². The third-order valence-electron chi connectivity index (χ3n) is 3.87. The van der Waals surface area contributed by atoms with Crippen molar-refractivity contribution in [1.82, 2.24) is 4.31 Å². The van der Waals surface area contributed by atoms with E-state index < -0.39 is 10.0 Å². The summed E-state index contributed by atoms with van der Waals surface area (Å²) in [7, 11) is -3.43. The number of benzene rings is 1. The lowest BCUT2D eigenvalue weighted by atomic mass is 9.90. The molecule has 0 bridgehead atoms. The number of sulfonamides is 1. The fourth-order valence-corrected chi connectivity index (χ4v) is 4.67. The van der Waals surface area contributed by atoms with E-state index in [1.54, 1.807) is 16.4 Å². The van der Waals surface area contributed by atoms with Crippen LogP contribution in [0.3, 0.4) is 0 Å². The van der Waals surface area contributed by atoms with Crippen molar-refractivity contribution in [2.45, 2.75) is 52.0 Å². The predicted molar refractivity (Wildman–Crippen MR) is 86.7 cm³/mol. The molecule has 0 saturated carbocycles. The molecule has 1 saturated heterocycles. The second kappa shape index (κ2) is 5.58. The van der Waals surface area contributed by atoms with Crippen molar-refractivity contribution in [3.8, 4) is 0 Å². The van der Waals surface area contributed by atoms with E-state index in [-0.39, 0.29) is 11.5 Å². The van der Waals surface area contributed by atoms with Gasteiger partial charge in [-0.25, -0.2) is 8.42 Å². The first kappa shape index (κ1) is 16.2. The second-order valence-electron chi connectivity index (χ2n) is 7.04. The zero-order chi connectivity index (χ0) is 15.8. The molecule has 0 aliphatic carbocycles. The van der Waals surface area contributed by atoms with Gasteiger partial charge in [0, 0.05) is 12.6 Å². The van der Waals surface area contributed by atoms with E-state index in [1.807, 2.05) is 32.9 Å². The molecule has 1 atom stereocenters. The SMILES string of the molecule is CC(C)=C[C@@H]1CC(C)(C)CN1S(=O)(=O)c1ccc(C)cc1. The molecule has 1 aromatic carbocycles. The smallest absolute Gasteiger partial charge is 0.207 e. The molecule has 21 heavy (non-hydrogen) atoms. The van der Waals surface area contributed by atoms with Crippen molar-refractivity contribution < 1.29 is 8.42 Å². The maximum Gasteiger partial charge on any atom is 0.243 e. The summed E-state index contributed by atoms with van der Waals surface area (Å²) in [6.07, 6.45) is 2.93. The first-order valence-corrected chi connectivity index (χ1v) is 8.79. The Morgan fingerprint density at radius 1 is 1.24 bits per heavy atom. The number of hydrogen-bond acceptors (Lipinski definition) is 2. The van der Waals surface area contributed by atoms with E-state index in [2.05, 4.69) is 19.9 Å². The molecule has 0 spiro atoms. The maximum atomic E-state index is 12.9. The van der Waals surface area contributed by atoms with Crippen LogP contribution in [-0.4, -0.2) is 25.3 Å². The first-order chi connectivity index (χ1) is 9.62. The summed E-state index contributed by atoms with van der Waals surface area (Å²) < 4.78 is 27.5. The van der Waals surface area contributed by atoms with Crippen molar-refractivity contribution in [2.75, 3.05) is 6.54 Å². The zero-order valence-corrected chi connectivity index (χ0v) is 14.4. The Hall–Kier alpha value is -1.13. The van der Waals surface area contributed by atoms with Gasteiger partial charge in [0.15, 0.2) is 0 Å². The van der Waals surface area contributed by atoms with Crippen molar-refractivity contribution in [2.24, 2.45) is 5.41 Å². The van der Waals surface area contributed by atoms with E-state index in [4.69, 9.17) is 0 Å². The van der Waals surface area contributed by atoms with Gasteiger partial charge in [-0.1, -0.05) is 43.2 Å². The van der Waals surface area contributed by atoms with E-state index in [1.165, 1.54) is 0 Å². The topological polar surface area (TPSA) is 37.4 Å². The molecule has 1 aliphatic rings. The fraction of sp³-hybridized carbons (Fsp3) is 0.529. The van der Waals surface area contributed by atoms with Crippen LogP contribution < -0.4 is 0 Å². The second-order valence-corrected chi connectivity index (χ2v) is 8.93. The van der Waals surface area contributed by atoms with Gasteiger partial charge in [0.1, 0.15) is 0 Å². The van der Waals surface area contributed by atoms with E-state index in [0.29, 0.717) is 11.4 Å². The van der Waals surface area contributed by atoms with Gasteiger partial charge in [0.05, 0.1) is 4.90 Å². The van der Waals surface area contributed by atoms with Crippen LogP contribution in [-0.2, 0) is 10.0 Å². The van der Waals surface area contributed by atoms with Crippen molar-refractivity contribution >= 4 is 10.0 Å². The molecule has 0 unspecified atom stereocenters. The lowest BCUT2D eigenvalue weighted by Gasteiger charge is -2.22. The van der Waals surface area contributed by atoms with Crippen molar-refractivity contribution in [3.05, 3.63) is 41.5 Å². The molecular weight excluding hydrogens is 282 g/mol. The minimum atomic E-state index is -3.43. The summed E-state index contributed by atoms with van der Waals surface area (Å²) >= 11 is 0. The van der Waals surface area contributed by atoms with E-state index >= 15 is 0 Å². The van der Waals surface area contributed by atoms with Gasteiger partial charge in [0.2, 0.25) is 10.0 Å². The van der Waals surface area contributed by atoms with Gasteiger partial charge in [-0.05, 0) is 44.7 Å². The van der Waals surface area contributed by atoms with Crippen molar-refractivity contribution in [1.29, 1.82) is 0 Å². The monoisotopic (exact) mass is 307 g/mol. The Labute approximate surface area is 128 Å². The van der Waals surface area contributed by atoms with Gasteiger partial charge >= 0.3 is 0 Å². The lowest BCUT2D eigenvalue weighted by molar-refractivity contribution is 0.373. The Kier molecular flexibility index (Phi) is 4.31. The minimum absolute atomic E-state index is 0.00832. The van der Waals surface area contributed by atoms with Crippen LogP contribution in [0.15, 0.2) is 40.8 Å². The van der Waals surface area contributed by atoms with Crippen LogP contribution in [0, 0.1) is 12.3 Å². The van der Waals surface area contributed by atoms with E-state index in [9.17, 15) is 8.42 Å². The number of rotatable bonds is 3. The van der Waals surface area contributed by atoms with E-state index in [0.717, 1.165) is 17.6 Å². The van der Waals surface area contributed by atoms with Gasteiger partial charge in [0.25, 0.3) is 0 Å². The maximum absolute atomic E-state index is 12.9. The molecule has 0 radical (unpaired) electrons. The average molecular weight is 307 g/mol. The highest BCUT2D eigenvalue weighted by Gasteiger charge is 2.42. The third-order valence-corrected chi connectivity index (χ3v) is 5.75. The number of aryl methyl sites for hydroxylation is 1. The molecule has 0 N–H and O–H groups in total. The van der Waals surface area contributed by atoms with Crippen LogP contribution in [0.4, 0.5) is 0 Å². The molecule has 0 aromatic heterocycles. The lowest BCUT2D eigenvalue weighted by Crippen LogP contribution is -2.35. The van der Waals surface area contributed by atoms with Crippen LogP contribution >= 0.6 is 0 Å².